The van der Waals surface area contributed by atoms with Crippen molar-refractivity contribution in [2.24, 2.45) is 5.92 Å². The normalized spacial score (nSPS) is 15.7. The van der Waals surface area contributed by atoms with Gasteiger partial charge in [0.2, 0.25) is 15.9 Å². The molecule has 8 heteroatoms. The van der Waals surface area contributed by atoms with Crippen molar-refractivity contribution in [2.75, 3.05) is 35.1 Å². The molecule has 0 spiro atoms. The molecule has 6 nitrogen and oxygen atoms in total. The highest BCUT2D eigenvalue weighted by molar-refractivity contribution is 7.92. The minimum absolute atomic E-state index is 0.0992. The standard InChI is InChI=1S/C26H36ClN3O3S/c1-19-14-17-29(18-15-19)23-12-10-22(11-13-23)21(3)28-26(31)9-6-16-30(34(4,32)33)25-8-5-7-24(27)20(25)2/h5,7-8,10-13,19,21H,6,9,14-18H2,1-4H3,(H,28,31)/t21-/m1/s1. The van der Waals surface area contributed by atoms with Crippen LogP contribution in [-0.4, -0.2) is 40.2 Å². The number of anilines is 2. The summed E-state index contributed by atoms with van der Waals surface area (Å²) in [5.41, 5.74) is 3.53. The summed E-state index contributed by atoms with van der Waals surface area (Å²) < 4.78 is 26.1. The molecule has 1 amide bonds. The lowest BCUT2D eigenvalue weighted by molar-refractivity contribution is -0.121. The minimum atomic E-state index is -3.50. The highest BCUT2D eigenvalue weighted by Gasteiger charge is 2.21. The number of amides is 1. The Morgan fingerprint density at radius 1 is 1.18 bits per heavy atom. The third kappa shape index (κ3) is 6.89. The summed E-state index contributed by atoms with van der Waals surface area (Å²) in [5, 5.41) is 3.54. The molecule has 2 aromatic rings. The fourth-order valence-electron chi connectivity index (χ4n) is 4.35. The van der Waals surface area contributed by atoms with Gasteiger partial charge in [-0.05, 0) is 74.4 Å². The molecule has 34 heavy (non-hydrogen) atoms. The predicted octanol–water partition coefficient (Wildman–Crippen LogP) is 5.31. The first-order chi connectivity index (χ1) is 16.1. The van der Waals surface area contributed by atoms with Gasteiger partial charge in [-0.1, -0.05) is 36.7 Å². The van der Waals surface area contributed by atoms with Gasteiger partial charge in [0.15, 0.2) is 0 Å². The van der Waals surface area contributed by atoms with Crippen molar-refractivity contribution >= 4 is 38.9 Å². The average molecular weight is 506 g/mol. The van der Waals surface area contributed by atoms with E-state index in [1.165, 1.54) is 29.1 Å². The maximum Gasteiger partial charge on any atom is 0.232 e. The summed E-state index contributed by atoms with van der Waals surface area (Å²) >= 11 is 6.18. The van der Waals surface area contributed by atoms with Gasteiger partial charge in [-0.15, -0.1) is 0 Å². The van der Waals surface area contributed by atoms with Gasteiger partial charge in [-0.3, -0.25) is 9.10 Å². The van der Waals surface area contributed by atoms with Crippen LogP contribution in [0.3, 0.4) is 0 Å². The number of carbonyl (C=O) groups excluding carboxylic acids is 1. The quantitative estimate of drug-likeness (QED) is 0.501. The van der Waals surface area contributed by atoms with Crippen LogP contribution in [-0.2, 0) is 14.8 Å². The Balaban J connectivity index is 1.53. The van der Waals surface area contributed by atoms with Gasteiger partial charge in [0.05, 0.1) is 18.0 Å². The Bertz CT molecular complexity index is 1080. The molecular formula is C26H36ClN3O3S. The second-order valence-electron chi connectivity index (χ2n) is 9.37. The zero-order valence-corrected chi connectivity index (χ0v) is 22.1. The predicted molar refractivity (Wildman–Crippen MR) is 141 cm³/mol. The zero-order chi connectivity index (χ0) is 24.9. The molecule has 0 bridgehead atoms. The zero-order valence-electron chi connectivity index (χ0n) is 20.6. The Labute approximate surface area is 209 Å². The Morgan fingerprint density at radius 3 is 2.44 bits per heavy atom. The van der Waals surface area contributed by atoms with Crippen LogP contribution < -0.4 is 14.5 Å². The van der Waals surface area contributed by atoms with Crippen LogP contribution in [0.4, 0.5) is 11.4 Å². The fourth-order valence-corrected chi connectivity index (χ4v) is 5.54. The summed E-state index contributed by atoms with van der Waals surface area (Å²) in [7, 11) is -3.50. The van der Waals surface area contributed by atoms with Crippen LogP contribution in [0.2, 0.25) is 5.02 Å². The average Bonchev–Trinajstić information content (AvgIpc) is 2.79. The Kier molecular flexibility index (Phi) is 8.88. The fraction of sp³-hybridized carbons (Fsp3) is 0.500. The van der Waals surface area contributed by atoms with E-state index in [-0.39, 0.29) is 24.9 Å². The molecule has 0 unspecified atom stereocenters. The van der Waals surface area contributed by atoms with E-state index in [4.69, 9.17) is 11.6 Å². The molecule has 186 valence electrons. The van der Waals surface area contributed by atoms with Gasteiger partial charge in [0.25, 0.3) is 0 Å². The molecular weight excluding hydrogens is 470 g/mol. The number of sulfonamides is 1. The van der Waals surface area contributed by atoms with Gasteiger partial charge < -0.3 is 10.2 Å². The van der Waals surface area contributed by atoms with Crippen molar-refractivity contribution in [1.82, 2.24) is 5.32 Å². The lowest BCUT2D eigenvalue weighted by atomic mass is 9.98. The molecule has 1 aliphatic heterocycles. The summed E-state index contributed by atoms with van der Waals surface area (Å²) in [4.78, 5) is 15.0. The minimum Gasteiger partial charge on any atom is -0.372 e. The lowest BCUT2D eigenvalue weighted by Crippen LogP contribution is -2.33. The van der Waals surface area contributed by atoms with E-state index in [1.807, 2.05) is 6.92 Å². The van der Waals surface area contributed by atoms with Gasteiger partial charge in [0.1, 0.15) is 0 Å². The lowest BCUT2D eigenvalue weighted by Gasteiger charge is -2.32. The second kappa shape index (κ2) is 11.5. The van der Waals surface area contributed by atoms with Gasteiger partial charge >= 0.3 is 0 Å². The summed E-state index contributed by atoms with van der Waals surface area (Å²) in [6.07, 6.45) is 4.26. The van der Waals surface area contributed by atoms with Crippen LogP contribution in [0.5, 0.6) is 0 Å². The molecule has 1 N–H and O–H groups in total. The van der Waals surface area contributed by atoms with E-state index >= 15 is 0 Å². The van der Waals surface area contributed by atoms with Crippen molar-refractivity contribution in [3.8, 4) is 0 Å². The molecule has 1 saturated heterocycles. The molecule has 1 heterocycles. The Hall–Kier alpha value is -2.25. The van der Waals surface area contributed by atoms with E-state index in [9.17, 15) is 13.2 Å². The molecule has 1 fully saturated rings. The summed E-state index contributed by atoms with van der Waals surface area (Å²) in [5.74, 6) is 0.697. The number of rotatable bonds is 9. The smallest absolute Gasteiger partial charge is 0.232 e. The number of hydrogen-bond donors (Lipinski definition) is 1. The molecule has 0 aromatic heterocycles. The largest absolute Gasteiger partial charge is 0.372 e. The van der Waals surface area contributed by atoms with Crippen LogP contribution in [0.15, 0.2) is 42.5 Å². The Morgan fingerprint density at radius 2 is 1.82 bits per heavy atom. The van der Waals surface area contributed by atoms with Crippen molar-refractivity contribution in [1.29, 1.82) is 0 Å². The number of nitrogens with one attached hydrogen (secondary N) is 1. The van der Waals surface area contributed by atoms with E-state index < -0.39 is 10.0 Å². The molecule has 1 aliphatic rings. The number of benzene rings is 2. The molecule has 2 aromatic carbocycles. The van der Waals surface area contributed by atoms with E-state index in [0.29, 0.717) is 22.7 Å². The summed E-state index contributed by atoms with van der Waals surface area (Å²) in [6.45, 7) is 8.46. The molecule has 1 atom stereocenters. The highest BCUT2D eigenvalue weighted by Crippen LogP contribution is 2.29. The molecule has 3 rings (SSSR count). The maximum absolute atomic E-state index is 12.6. The monoisotopic (exact) mass is 505 g/mol. The topological polar surface area (TPSA) is 69.7 Å². The third-order valence-electron chi connectivity index (χ3n) is 6.59. The number of halogens is 1. The van der Waals surface area contributed by atoms with Crippen LogP contribution in [0, 0.1) is 12.8 Å². The first kappa shape index (κ1) is 26.4. The first-order valence-electron chi connectivity index (χ1n) is 11.9. The van der Waals surface area contributed by atoms with Gasteiger partial charge in [0, 0.05) is 36.8 Å². The maximum atomic E-state index is 12.6. The number of carbonyl (C=O) groups is 1. The molecule has 0 saturated carbocycles. The highest BCUT2D eigenvalue weighted by atomic mass is 35.5. The van der Waals surface area contributed by atoms with E-state index in [0.717, 1.165) is 24.6 Å². The van der Waals surface area contributed by atoms with Crippen LogP contribution >= 0.6 is 11.6 Å². The van der Waals surface area contributed by atoms with Crippen LogP contribution in [0.1, 0.15) is 56.7 Å². The number of hydrogen-bond acceptors (Lipinski definition) is 4. The van der Waals surface area contributed by atoms with E-state index in [1.54, 1.807) is 25.1 Å². The van der Waals surface area contributed by atoms with Crippen molar-refractivity contribution in [3.63, 3.8) is 0 Å². The molecule has 0 aliphatic carbocycles. The molecule has 0 radical (unpaired) electrons. The van der Waals surface area contributed by atoms with Crippen molar-refractivity contribution in [2.45, 2.75) is 52.5 Å². The van der Waals surface area contributed by atoms with E-state index in [2.05, 4.69) is 41.4 Å². The van der Waals surface area contributed by atoms with Crippen LogP contribution in [0.25, 0.3) is 0 Å². The van der Waals surface area contributed by atoms with Crippen molar-refractivity contribution < 1.29 is 13.2 Å². The van der Waals surface area contributed by atoms with Gasteiger partial charge in [-0.2, -0.15) is 0 Å². The number of piperidine rings is 1. The second-order valence-corrected chi connectivity index (χ2v) is 11.7. The first-order valence-corrected chi connectivity index (χ1v) is 14.2. The third-order valence-corrected chi connectivity index (χ3v) is 8.18. The van der Waals surface area contributed by atoms with Crippen molar-refractivity contribution in [3.05, 3.63) is 58.6 Å². The van der Waals surface area contributed by atoms with Gasteiger partial charge in [-0.25, -0.2) is 8.42 Å². The summed E-state index contributed by atoms with van der Waals surface area (Å²) in [6, 6.07) is 13.5. The number of nitrogens with zero attached hydrogens (tertiary/aromatic N) is 2. The SMILES string of the molecule is Cc1c(Cl)cccc1N(CCCC(=O)N[C@H](C)c1ccc(N2CCC(C)CC2)cc1)S(C)(=O)=O.